The highest BCUT2D eigenvalue weighted by molar-refractivity contribution is 6.15. The molecule has 0 atom stereocenters. The Kier molecular flexibility index (Phi) is 5.55. The molecule has 5 nitrogen and oxygen atoms in total. The highest BCUT2D eigenvalue weighted by Gasteiger charge is 2.14. The highest BCUT2D eigenvalue weighted by Crippen LogP contribution is 2.35. The number of rotatable bonds is 6. The van der Waals surface area contributed by atoms with Crippen molar-refractivity contribution >= 4 is 27.6 Å². The van der Waals surface area contributed by atoms with E-state index in [1.807, 2.05) is 30.3 Å². The van der Waals surface area contributed by atoms with Crippen LogP contribution in [-0.2, 0) is 6.61 Å². The third-order valence-electron chi connectivity index (χ3n) is 5.72. The topological polar surface area (TPSA) is 71.5 Å². The Balaban J connectivity index is 1.56. The standard InChI is InChI=1S/C28H20FNO4/c1-33-26-14-18(11-13-25(26)34-16-19-7-3-5-9-22(19)29)24-15-21(28(31)32)27-20-8-4-2-6-17(20)10-12-23(27)30-24/h2-15H,16H2,1H3,(H,31,32)/p-1. The smallest absolute Gasteiger partial charge is 0.161 e. The molecule has 0 aliphatic heterocycles. The van der Waals surface area contributed by atoms with Gasteiger partial charge in [0.15, 0.2) is 11.5 Å². The summed E-state index contributed by atoms with van der Waals surface area (Å²) in [4.78, 5) is 16.8. The number of carbonyl (C=O) groups is 1. The number of halogens is 1. The first kappa shape index (κ1) is 21.4. The van der Waals surface area contributed by atoms with Gasteiger partial charge in [-0.15, -0.1) is 0 Å². The summed E-state index contributed by atoms with van der Waals surface area (Å²) in [7, 11) is 1.50. The minimum atomic E-state index is -1.28. The summed E-state index contributed by atoms with van der Waals surface area (Å²) < 4.78 is 25.2. The van der Waals surface area contributed by atoms with Crippen LogP contribution < -0.4 is 14.6 Å². The van der Waals surface area contributed by atoms with Gasteiger partial charge >= 0.3 is 0 Å². The molecule has 0 fully saturated rings. The third kappa shape index (κ3) is 3.90. The first-order valence-electron chi connectivity index (χ1n) is 10.6. The van der Waals surface area contributed by atoms with E-state index in [2.05, 4.69) is 0 Å². The lowest BCUT2D eigenvalue weighted by molar-refractivity contribution is -0.254. The van der Waals surface area contributed by atoms with Gasteiger partial charge in [-0.2, -0.15) is 0 Å². The van der Waals surface area contributed by atoms with Gasteiger partial charge in [0, 0.05) is 22.1 Å². The summed E-state index contributed by atoms with van der Waals surface area (Å²) in [5.74, 6) is -0.770. The number of benzene rings is 4. The average Bonchev–Trinajstić information content (AvgIpc) is 2.87. The Morgan fingerprint density at radius 3 is 2.53 bits per heavy atom. The molecule has 5 aromatic rings. The molecule has 0 saturated carbocycles. The Morgan fingerprint density at radius 2 is 1.74 bits per heavy atom. The molecule has 0 amide bonds. The van der Waals surface area contributed by atoms with Crippen molar-refractivity contribution in [2.24, 2.45) is 0 Å². The van der Waals surface area contributed by atoms with Gasteiger partial charge in [0.05, 0.1) is 24.3 Å². The number of carboxylic acids is 1. The zero-order chi connectivity index (χ0) is 23.7. The third-order valence-corrected chi connectivity index (χ3v) is 5.72. The molecule has 0 N–H and O–H groups in total. The van der Waals surface area contributed by atoms with Crippen molar-refractivity contribution in [1.29, 1.82) is 0 Å². The van der Waals surface area contributed by atoms with Crippen molar-refractivity contribution in [2.75, 3.05) is 7.11 Å². The number of ether oxygens (including phenoxy) is 2. The van der Waals surface area contributed by atoms with E-state index in [-0.39, 0.29) is 18.0 Å². The lowest BCUT2D eigenvalue weighted by Gasteiger charge is -2.15. The van der Waals surface area contributed by atoms with Crippen molar-refractivity contribution in [3.63, 3.8) is 0 Å². The number of hydrogen-bond donors (Lipinski definition) is 0. The van der Waals surface area contributed by atoms with E-state index in [1.54, 1.807) is 42.5 Å². The van der Waals surface area contributed by atoms with Gasteiger partial charge in [0.25, 0.3) is 0 Å². The van der Waals surface area contributed by atoms with Crippen LogP contribution in [0.5, 0.6) is 11.5 Å². The Bertz CT molecular complexity index is 1550. The summed E-state index contributed by atoms with van der Waals surface area (Å²) in [6.07, 6.45) is 0. The van der Waals surface area contributed by atoms with Crippen LogP contribution >= 0.6 is 0 Å². The van der Waals surface area contributed by atoms with Gasteiger partial charge in [-0.05, 0) is 47.2 Å². The van der Waals surface area contributed by atoms with Crippen LogP contribution in [0.3, 0.4) is 0 Å². The van der Waals surface area contributed by atoms with E-state index in [9.17, 15) is 14.3 Å². The molecular weight excluding hydrogens is 433 g/mol. The fraction of sp³-hybridized carbons (Fsp3) is 0.0714. The molecule has 0 aliphatic rings. The predicted octanol–water partition coefficient (Wildman–Crippen LogP) is 5.15. The first-order chi connectivity index (χ1) is 16.5. The number of aromatic nitrogens is 1. The van der Waals surface area contributed by atoms with Crippen LogP contribution in [0.1, 0.15) is 15.9 Å². The maximum absolute atomic E-state index is 13.9. The zero-order valence-electron chi connectivity index (χ0n) is 18.2. The number of fused-ring (bicyclic) bond motifs is 3. The van der Waals surface area contributed by atoms with Crippen molar-refractivity contribution in [3.05, 3.63) is 102 Å². The van der Waals surface area contributed by atoms with Crippen molar-refractivity contribution in [3.8, 4) is 22.8 Å². The number of hydrogen-bond acceptors (Lipinski definition) is 5. The van der Waals surface area contributed by atoms with Crippen molar-refractivity contribution < 1.29 is 23.8 Å². The lowest BCUT2D eigenvalue weighted by Crippen LogP contribution is -2.23. The average molecular weight is 452 g/mol. The molecular formula is C28H19FNO4-. The molecule has 0 unspecified atom stereocenters. The van der Waals surface area contributed by atoms with Gasteiger partial charge in [-0.1, -0.05) is 48.5 Å². The second-order valence-corrected chi connectivity index (χ2v) is 7.77. The van der Waals surface area contributed by atoms with Gasteiger partial charge in [0.2, 0.25) is 0 Å². The van der Waals surface area contributed by atoms with E-state index >= 15 is 0 Å². The maximum atomic E-state index is 13.9. The van der Waals surface area contributed by atoms with E-state index in [0.29, 0.717) is 39.2 Å². The number of nitrogens with zero attached hydrogens (tertiary/aromatic N) is 1. The molecule has 6 heteroatoms. The maximum Gasteiger partial charge on any atom is 0.161 e. The van der Waals surface area contributed by atoms with E-state index < -0.39 is 5.97 Å². The van der Waals surface area contributed by atoms with Crippen LogP contribution in [0.25, 0.3) is 32.9 Å². The summed E-state index contributed by atoms with van der Waals surface area (Å²) in [6, 6.07) is 24.3. The van der Waals surface area contributed by atoms with Gasteiger partial charge in [-0.25, -0.2) is 9.37 Å². The van der Waals surface area contributed by atoms with E-state index in [0.717, 1.165) is 10.8 Å². The fourth-order valence-corrected chi connectivity index (χ4v) is 4.03. The molecule has 168 valence electrons. The summed E-state index contributed by atoms with van der Waals surface area (Å²) in [6.45, 7) is 0.0402. The molecule has 1 aromatic heterocycles. The van der Waals surface area contributed by atoms with E-state index in [1.165, 1.54) is 19.2 Å². The molecule has 0 saturated heterocycles. The molecule has 0 radical (unpaired) electrons. The minimum Gasteiger partial charge on any atom is -0.545 e. The second kappa shape index (κ2) is 8.83. The number of carbonyl (C=O) groups excluding carboxylic acids is 1. The van der Waals surface area contributed by atoms with E-state index in [4.69, 9.17) is 14.5 Å². The number of carboxylic acid groups (broad SMARTS) is 1. The molecule has 0 bridgehead atoms. The molecule has 5 rings (SSSR count). The summed E-state index contributed by atoms with van der Waals surface area (Å²) in [5.41, 5.74) is 2.15. The van der Waals surface area contributed by atoms with Gasteiger partial charge < -0.3 is 19.4 Å². The van der Waals surface area contributed by atoms with Crippen LogP contribution in [0.15, 0.2) is 84.9 Å². The second-order valence-electron chi connectivity index (χ2n) is 7.77. The largest absolute Gasteiger partial charge is 0.545 e. The molecule has 34 heavy (non-hydrogen) atoms. The molecule has 0 aliphatic carbocycles. The Morgan fingerprint density at radius 1 is 0.941 bits per heavy atom. The number of methoxy groups -OCH3 is 1. The van der Waals surface area contributed by atoms with Crippen LogP contribution in [0.4, 0.5) is 4.39 Å². The quantitative estimate of drug-likeness (QED) is 0.334. The molecule has 4 aromatic carbocycles. The Hall–Kier alpha value is -4.45. The lowest BCUT2D eigenvalue weighted by atomic mass is 9.98. The normalized spacial score (nSPS) is 11.0. The van der Waals surface area contributed by atoms with Crippen LogP contribution in [-0.4, -0.2) is 18.1 Å². The number of pyridine rings is 1. The molecule has 1 heterocycles. The number of aromatic carboxylic acids is 1. The van der Waals surface area contributed by atoms with Crippen molar-refractivity contribution in [1.82, 2.24) is 4.98 Å². The predicted molar refractivity (Wildman–Crippen MR) is 126 cm³/mol. The highest BCUT2D eigenvalue weighted by atomic mass is 19.1. The van der Waals surface area contributed by atoms with Gasteiger partial charge in [-0.3, -0.25) is 0 Å². The SMILES string of the molecule is COc1cc(-c2cc(C(=O)[O-])c3c(ccc4ccccc43)n2)ccc1OCc1ccccc1F. The zero-order valence-corrected chi connectivity index (χ0v) is 18.2. The summed E-state index contributed by atoms with van der Waals surface area (Å²) in [5, 5.41) is 14.3. The minimum absolute atomic E-state index is 0.0402. The first-order valence-corrected chi connectivity index (χ1v) is 10.6. The Labute approximate surface area is 195 Å². The molecule has 0 spiro atoms. The monoisotopic (exact) mass is 452 g/mol. The van der Waals surface area contributed by atoms with Crippen LogP contribution in [0, 0.1) is 5.82 Å². The summed E-state index contributed by atoms with van der Waals surface area (Å²) >= 11 is 0. The van der Waals surface area contributed by atoms with Crippen molar-refractivity contribution in [2.45, 2.75) is 6.61 Å². The fourth-order valence-electron chi connectivity index (χ4n) is 4.03. The van der Waals surface area contributed by atoms with Gasteiger partial charge in [0.1, 0.15) is 12.4 Å². The van der Waals surface area contributed by atoms with Crippen LogP contribution in [0.2, 0.25) is 0 Å².